The molecule has 1 rings (SSSR count). The van der Waals surface area contributed by atoms with Crippen LogP contribution in [-0.4, -0.2) is 63.6 Å². The third kappa shape index (κ3) is 4.79. The van der Waals surface area contributed by atoms with E-state index in [0.29, 0.717) is 12.1 Å². The Bertz CT molecular complexity index is 648. The Morgan fingerprint density at radius 1 is 1.24 bits per heavy atom. The summed E-state index contributed by atoms with van der Waals surface area (Å²) in [5, 5.41) is 8.58. The first kappa shape index (κ1) is 17.6. The van der Waals surface area contributed by atoms with Crippen LogP contribution < -0.4 is 0 Å². The first-order chi connectivity index (χ1) is 9.78. The molecule has 5 nitrogen and oxygen atoms in total. The number of sulfonamides is 1. The van der Waals surface area contributed by atoms with Crippen molar-refractivity contribution in [2.75, 3.05) is 40.8 Å². The molecule has 0 fully saturated rings. The van der Waals surface area contributed by atoms with Crippen LogP contribution in [0.4, 0.5) is 4.39 Å². The van der Waals surface area contributed by atoms with E-state index in [2.05, 4.69) is 11.8 Å². The Hall–Kier alpha value is -1.46. The summed E-state index contributed by atoms with van der Waals surface area (Å²) in [7, 11) is 1.20. The largest absolute Gasteiger partial charge is 0.384 e. The third-order valence-electron chi connectivity index (χ3n) is 2.79. The van der Waals surface area contributed by atoms with Crippen molar-refractivity contribution in [1.82, 2.24) is 9.21 Å². The van der Waals surface area contributed by atoms with Gasteiger partial charge in [0, 0.05) is 25.7 Å². The van der Waals surface area contributed by atoms with Crippen LogP contribution in [0.5, 0.6) is 0 Å². The van der Waals surface area contributed by atoms with Crippen LogP contribution in [-0.2, 0) is 10.0 Å². The van der Waals surface area contributed by atoms with Crippen LogP contribution in [0.1, 0.15) is 5.56 Å². The molecule has 0 aliphatic rings. The number of hydrogen-bond donors (Lipinski definition) is 1. The summed E-state index contributed by atoms with van der Waals surface area (Å²) in [5.41, 5.74) is 0.316. The van der Waals surface area contributed by atoms with Gasteiger partial charge < -0.3 is 10.0 Å². The number of hydrogen-bond acceptors (Lipinski definition) is 4. The lowest BCUT2D eigenvalue weighted by Gasteiger charge is -2.19. The predicted molar refractivity (Wildman–Crippen MR) is 78.7 cm³/mol. The Kier molecular flexibility index (Phi) is 6.30. The van der Waals surface area contributed by atoms with Crippen LogP contribution in [0.25, 0.3) is 0 Å². The number of nitrogens with zero attached hydrogens (tertiary/aromatic N) is 2. The number of aliphatic hydroxyl groups excluding tert-OH is 1. The van der Waals surface area contributed by atoms with Gasteiger partial charge in [0.1, 0.15) is 17.3 Å². The first-order valence-electron chi connectivity index (χ1n) is 6.29. The van der Waals surface area contributed by atoms with Gasteiger partial charge in [-0.3, -0.25) is 0 Å². The van der Waals surface area contributed by atoms with Gasteiger partial charge in [0.15, 0.2) is 0 Å². The second kappa shape index (κ2) is 7.52. The lowest BCUT2D eigenvalue weighted by molar-refractivity contribution is 0.350. The van der Waals surface area contributed by atoms with Crippen LogP contribution in [0, 0.1) is 17.7 Å². The second-order valence-electron chi connectivity index (χ2n) is 4.73. The van der Waals surface area contributed by atoms with Gasteiger partial charge in [0.25, 0.3) is 0 Å². The molecule has 0 saturated heterocycles. The van der Waals surface area contributed by atoms with Gasteiger partial charge in [0.2, 0.25) is 10.0 Å². The molecule has 0 atom stereocenters. The van der Waals surface area contributed by atoms with Gasteiger partial charge in [-0.15, -0.1) is 0 Å². The van der Waals surface area contributed by atoms with Crippen molar-refractivity contribution in [3.63, 3.8) is 0 Å². The van der Waals surface area contributed by atoms with E-state index in [1.54, 1.807) is 0 Å². The van der Waals surface area contributed by atoms with Gasteiger partial charge in [0.05, 0.1) is 0 Å². The quantitative estimate of drug-likeness (QED) is 0.797. The maximum Gasteiger partial charge on any atom is 0.245 e. The standard InChI is InChI=1S/C14H19FN2O3S/c1-16(2)8-9-17(3)21(19,20)14-7-6-12(5-4-10-18)11-13(14)15/h6-7,11,18H,8-10H2,1-3H3. The minimum Gasteiger partial charge on any atom is -0.384 e. The number of likely N-dealkylation sites (N-methyl/N-ethyl adjacent to an activating group) is 2. The summed E-state index contributed by atoms with van der Waals surface area (Å²) in [6, 6.07) is 3.66. The van der Waals surface area contributed by atoms with Crippen molar-refractivity contribution in [2.24, 2.45) is 0 Å². The zero-order valence-corrected chi connectivity index (χ0v) is 13.1. The van der Waals surface area contributed by atoms with E-state index >= 15 is 0 Å². The molecule has 0 aliphatic heterocycles. The maximum atomic E-state index is 14.0. The predicted octanol–water partition coefficient (Wildman–Crippen LogP) is 0.352. The van der Waals surface area contributed by atoms with Crippen molar-refractivity contribution < 1.29 is 17.9 Å². The van der Waals surface area contributed by atoms with Gasteiger partial charge in [-0.1, -0.05) is 11.8 Å². The fourth-order valence-corrected chi connectivity index (χ4v) is 2.76. The number of halogens is 1. The minimum atomic E-state index is -3.87. The molecule has 0 amide bonds. The highest BCUT2D eigenvalue weighted by Gasteiger charge is 2.24. The minimum absolute atomic E-state index is 0.265. The fourth-order valence-electron chi connectivity index (χ4n) is 1.56. The van der Waals surface area contributed by atoms with Crippen LogP contribution in [0.3, 0.4) is 0 Å². The topological polar surface area (TPSA) is 60.9 Å². The molecule has 0 aromatic heterocycles. The number of aliphatic hydroxyl groups is 1. The number of benzene rings is 1. The van der Waals surface area contributed by atoms with Crippen molar-refractivity contribution in [1.29, 1.82) is 0 Å². The molecule has 0 spiro atoms. The Morgan fingerprint density at radius 3 is 2.43 bits per heavy atom. The monoisotopic (exact) mass is 314 g/mol. The van der Waals surface area contributed by atoms with Gasteiger partial charge in [-0.25, -0.2) is 12.8 Å². The van der Waals surface area contributed by atoms with Crippen molar-refractivity contribution >= 4 is 10.0 Å². The molecule has 1 aromatic rings. The lowest BCUT2D eigenvalue weighted by atomic mass is 10.2. The lowest BCUT2D eigenvalue weighted by Crippen LogP contribution is -2.34. The van der Waals surface area contributed by atoms with Crippen LogP contribution >= 0.6 is 0 Å². The summed E-state index contributed by atoms with van der Waals surface area (Å²) >= 11 is 0. The average Bonchev–Trinajstić information content (AvgIpc) is 2.42. The van der Waals surface area contributed by atoms with Crippen LogP contribution in [0.2, 0.25) is 0 Å². The van der Waals surface area contributed by atoms with Gasteiger partial charge in [-0.05, 0) is 32.3 Å². The zero-order valence-electron chi connectivity index (χ0n) is 12.3. The molecule has 1 aromatic carbocycles. The molecule has 116 valence electrons. The molecular weight excluding hydrogens is 295 g/mol. The summed E-state index contributed by atoms with van der Waals surface area (Å²) in [6.45, 7) is 0.465. The molecule has 0 unspecified atom stereocenters. The SMILES string of the molecule is CN(C)CCN(C)S(=O)(=O)c1ccc(C#CCO)cc1F. The average molecular weight is 314 g/mol. The zero-order chi connectivity index (χ0) is 16.0. The molecule has 0 bridgehead atoms. The Labute approximate surface area is 125 Å². The Morgan fingerprint density at radius 2 is 1.90 bits per heavy atom. The van der Waals surface area contributed by atoms with Crippen molar-refractivity contribution in [3.05, 3.63) is 29.6 Å². The molecule has 0 radical (unpaired) electrons. The molecule has 0 saturated carbocycles. The van der Waals surface area contributed by atoms with E-state index < -0.39 is 15.8 Å². The Balaban J connectivity index is 3.03. The van der Waals surface area contributed by atoms with Crippen molar-refractivity contribution in [2.45, 2.75) is 4.90 Å². The third-order valence-corrected chi connectivity index (χ3v) is 4.68. The highest BCUT2D eigenvalue weighted by atomic mass is 32.2. The normalized spacial score (nSPS) is 11.6. The smallest absolute Gasteiger partial charge is 0.245 e. The highest BCUT2D eigenvalue weighted by Crippen LogP contribution is 2.19. The van der Waals surface area contributed by atoms with E-state index in [0.717, 1.165) is 10.4 Å². The second-order valence-corrected chi connectivity index (χ2v) is 6.75. The van der Waals surface area contributed by atoms with Crippen LogP contribution in [0.15, 0.2) is 23.1 Å². The number of rotatable bonds is 5. The fraction of sp³-hybridized carbons (Fsp3) is 0.429. The van der Waals surface area contributed by atoms with Gasteiger partial charge >= 0.3 is 0 Å². The molecular formula is C14H19FN2O3S. The molecule has 21 heavy (non-hydrogen) atoms. The first-order valence-corrected chi connectivity index (χ1v) is 7.73. The highest BCUT2D eigenvalue weighted by molar-refractivity contribution is 7.89. The van der Waals surface area contributed by atoms with Gasteiger partial charge in [-0.2, -0.15) is 4.31 Å². The molecule has 0 heterocycles. The van der Waals surface area contributed by atoms with E-state index in [9.17, 15) is 12.8 Å². The van der Waals surface area contributed by atoms with E-state index in [1.807, 2.05) is 19.0 Å². The molecule has 7 heteroatoms. The summed E-state index contributed by atoms with van der Waals surface area (Å²) < 4.78 is 39.7. The summed E-state index contributed by atoms with van der Waals surface area (Å²) in [6.07, 6.45) is 0. The summed E-state index contributed by atoms with van der Waals surface area (Å²) in [5.74, 6) is 4.06. The summed E-state index contributed by atoms with van der Waals surface area (Å²) in [4.78, 5) is 1.47. The van der Waals surface area contributed by atoms with E-state index in [4.69, 9.17) is 5.11 Å². The van der Waals surface area contributed by atoms with E-state index in [-0.39, 0.29) is 18.0 Å². The maximum absolute atomic E-state index is 14.0. The van der Waals surface area contributed by atoms with E-state index in [1.165, 1.54) is 19.2 Å². The van der Waals surface area contributed by atoms with Crippen molar-refractivity contribution in [3.8, 4) is 11.8 Å². The molecule has 1 N–H and O–H groups in total. The molecule has 0 aliphatic carbocycles.